The Hall–Kier alpha value is -2.44. The van der Waals surface area contributed by atoms with Gasteiger partial charge in [-0.25, -0.2) is 0 Å². The highest BCUT2D eigenvalue weighted by Gasteiger charge is 2.24. The summed E-state index contributed by atoms with van der Waals surface area (Å²) in [5.41, 5.74) is 0. The monoisotopic (exact) mass is 882 g/mol. The van der Waals surface area contributed by atoms with E-state index in [0.717, 1.165) is 89.9 Å². The van der Waals surface area contributed by atoms with Crippen LogP contribution >= 0.6 is 0 Å². The topological polar surface area (TPSA) is 95.9 Å². The molecule has 0 aromatic carbocycles. The first-order chi connectivity index (χ1) is 31.0. The summed E-state index contributed by atoms with van der Waals surface area (Å²) in [6.07, 6.45) is 62.9. The molecule has 63 heavy (non-hydrogen) atoms. The molecule has 6 nitrogen and oxygen atoms in total. The second-order valence-electron chi connectivity index (χ2n) is 18.3. The van der Waals surface area contributed by atoms with Crippen LogP contribution in [0.5, 0.6) is 0 Å². The molecule has 3 unspecified atom stereocenters. The minimum Gasteiger partial charge on any atom is -0.462 e. The molecule has 0 heterocycles. The summed E-state index contributed by atoms with van der Waals surface area (Å²) < 4.78 is 5.90. The van der Waals surface area contributed by atoms with Gasteiger partial charge in [-0.3, -0.25) is 9.59 Å². The fourth-order valence-corrected chi connectivity index (χ4v) is 8.02. The summed E-state index contributed by atoms with van der Waals surface area (Å²) in [4.78, 5) is 26.1. The van der Waals surface area contributed by atoms with Gasteiger partial charge in [-0.15, -0.1) is 0 Å². The predicted molar refractivity (Wildman–Crippen MR) is 273 cm³/mol. The van der Waals surface area contributed by atoms with Crippen molar-refractivity contribution in [3.05, 3.63) is 60.8 Å². The summed E-state index contributed by atoms with van der Waals surface area (Å²) in [5, 5.41) is 23.8. The molecule has 0 saturated carbocycles. The molecule has 0 aliphatic heterocycles. The van der Waals surface area contributed by atoms with E-state index in [1.54, 1.807) is 0 Å². The second-order valence-corrected chi connectivity index (χ2v) is 18.3. The number of aliphatic hydroxyl groups is 2. The van der Waals surface area contributed by atoms with Crippen LogP contribution in [-0.2, 0) is 14.3 Å². The number of carbonyl (C=O) groups is 2. The smallest absolute Gasteiger partial charge is 0.306 e. The molecular formula is C57H103NO5. The molecule has 6 heteroatoms. The summed E-state index contributed by atoms with van der Waals surface area (Å²) in [5.74, 6) is -0.541. The van der Waals surface area contributed by atoms with Gasteiger partial charge in [-0.2, -0.15) is 0 Å². The first kappa shape index (κ1) is 60.6. The van der Waals surface area contributed by atoms with Gasteiger partial charge in [0.05, 0.1) is 25.2 Å². The van der Waals surface area contributed by atoms with Crippen LogP contribution in [-0.4, -0.2) is 46.9 Å². The fraction of sp³-hybridized carbons (Fsp3) is 0.789. The maximum absolute atomic E-state index is 13.2. The number of rotatable bonds is 48. The van der Waals surface area contributed by atoms with Crippen LogP contribution in [0, 0.1) is 0 Å². The number of aliphatic hydroxyl groups excluding tert-OH is 2. The van der Waals surface area contributed by atoms with Crippen LogP contribution in [0.3, 0.4) is 0 Å². The third-order valence-corrected chi connectivity index (χ3v) is 12.1. The first-order valence-corrected chi connectivity index (χ1v) is 27.0. The van der Waals surface area contributed by atoms with E-state index < -0.39 is 18.2 Å². The van der Waals surface area contributed by atoms with Gasteiger partial charge in [0.2, 0.25) is 5.91 Å². The maximum atomic E-state index is 13.2. The zero-order valence-corrected chi connectivity index (χ0v) is 41.7. The Kier molecular flexibility index (Phi) is 48.6. The second kappa shape index (κ2) is 50.6. The third-order valence-electron chi connectivity index (χ3n) is 12.1. The van der Waals surface area contributed by atoms with Crippen LogP contribution in [0.25, 0.3) is 0 Å². The van der Waals surface area contributed by atoms with E-state index in [9.17, 15) is 19.8 Å². The lowest BCUT2D eigenvalue weighted by atomic mass is 10.0. The average molecular weight is 882 g/mol. The summed E-state index contributed by atoms with van der Waals surface area (Å²) >= 11 is 0. The van der Waals surface area contributed by atoms with Crippen molar-refractivity contribution in [1.82, 2.24) is 5.32 Å². The van der Waals surface area contributed by atoms with E-state index >= 15 is 0 Å². The molecule has 366 valence electrons. The molecule has 0 bridgehead atoms. The van der Waals surface area contributed by atoms with E-state index in [1.807, 2.05) is 0 Å². The van der Waals surface area contributed by atoms with Gasteiger partial charge in [0.1, 0.15) is 6.10 Å². The predicted octanol–water partition coefficient (Wildman–Crippen LogP) is 16.4. The Balaban J connectivity index is 4.59. The van der Waals surface area contributed by atoms with Gasteiger partial charge in [0.25, 0.3) is 0 Å². The minimum atomic E-state index is -0.804. The van der Waals surface area contributed by atoms with Crippen molar-refractivity contribution in [2.75, 3.05) is 6.61 Å². The molecule has 0 aliphatic rings. The van der Waals surface area contributed by atoms with Crippen molar-refractivity contribution in [2.45, 2.75) is 283 Å². The number of carbonyl (C=O) groups excluding carboxylic acids is 2. The van der Waals surface area contributed by atoms with E-state index in [1.165, 1.54) is 128 Å². The lowest BCUT2D eigenvalue weighted by Crippen LogP contribution is -2.46. The Bertz CT molecular complexity index is 1130. The van der Waals surface area contributed by atoms with Crippen molar-refractivity contribution in [3.8, 4) is 0 Å². The maximum Gasteiger partial charge on any atom is 0.306 e. The lowest BCUT2D eigenvalue weighted by Gasteiger charge is -2.24. The van der Waals surface area contributed by atoms with Gasteiger partial charge in [-0.05, 0) is 83.5 Å². The molecule has 0 aromatic rings. The Morgan fingerprint density at radius 3 is 1.41 bits per heavy atom. The number of hydrogen-bond donors (Lipinski definition) is 3. The summed E-state index contributed by atoms with van der Waals surface area (Å²) in [6.45, 7) is 6.36. The van der Waals surface area contributed by atoms with Gasteiger partial charge >= 0.3 is 5.97 Å². The van der Waals surface area contributed by atoms with E-state index in [2.05, 4.69) is 86.8 Å². The van der Waals surface area contributed by atoms with E-state index in [0.29, 0.717) is 19.3 Å². The molecule has 0 rings (SSSR count). The fourth-order valence-electron chi connectivity index (χ4n) is 8.02. The van der Waals surface area contributed by atoms with Crippen LogP contribution in [0.15, 0.2) is 60.8 Å². The van der Waals surface area contributed by atoms with Gasteiger partial charge in [0.15, 0.2) is 0 Å². The van der Waals surface area contributed by atoms with Crippen LogP contribution in [0.1, 0.15) is 265 Å². The van der Waals surface area contributed by atoms with Crippen LogP contribution < -0.4 is 5.32 Å². The highest BCUT2D eigenvalue weighted by atomic mass is 16.5. The van der Waals surface area contributed by atoms with Crippen molar-refractivity contribution in [2.24, 2.45) is 0 Å². The van der Waals surface area contributed by atoms with Crippen molar-refractivity contribution in [1.29, 1.82) is 0 Å². The molecule has 0 aromatic heterocycles. The number of ether oxygens (including phenoxy) is 1. The normalized spacial score (nSPS) is 13.7. The molecular weight excluding hydrogens is 779 g/mol. The Labute approximate surface area is 390 Å². The van der Waals surface area contributed by atoms with Crippen molar-refractivity contribution < 1.29 is 24.5 Å². The zero-order chi connectivity index (χ0) is 45.9. The van der Waals surface area contributed by atoms with Gasteiger partial charge < -0.3 is 20.3 Å². The molecule has 0 saturated heterocycles. The standard InChI is InChI=1S/C57H103NO5/c1-4-7-10-13-16-19-22-25-27-29-31-34-37-40-43-46-49-55(60)54(52-59)58-56(61)51-53(48-45-42-39-36-33-24-21-18-15-12-9-6-3)63-57(62)50-47-44-41-38-35-32-30-28-26-23-20-17-14-11-8-5-2/h9,12,18,21,28,30,32-33,35-36,53-55,59-60H,4-8,10-11,13-17,19-20,22-27,29,31,34,37-52H2,1-3H3,(H,58,61)/b12-9+,21-18+,30-28+,35-32+,36-33+. The number of hydrogen-bond acceptors (Lipinski definition) is 5. The Morgan fingerprint density at radius 2 is 0.905 bits per heavy atom. The average Bonchev–Trinajstić information content (AvgIpc) is 3.28. The highest BCUT2D eigenvalue weighted by Crippen LogP contribution is 2.17. The molecule has 0 spiro atoms. The number of esters is 1. The largest absolute Gasteiger partial charge is 0.462 e. The Morgan fingerprint density at radius 1 is 0.492 bits per heavy atom. The SMILES string of the molecule is CC/C=C/C/C=C/C/C=C/CCCCC(CC(=O)NC(CO)C(O)CCCCCCCCCCCCCCCCCC)OC(=O)CCCCC/C=C/C=C/CCCCCCCCC. The lowest BCUT2D eigenvalue weighted by molar-refractivity contribution is -0.151. The van der Waals surface area contributed by atoms with Crippen LogP contribution in [0.4, 0.5) is 0 Å². The molecule has 1 amide bonds. The third kappa shape index (κ3) is 45.9. The van der Waals surface area contributed by atoms with E-state index in [4.69, 9.17) is 4.74 Å². The minimum absolute atomic E-state index is 0.0401. The molecule has 3 atom stereocenters. The first-order valence-electron chi connectivity index (χ1n) is 27.0. The van der Waals surface area contributed by atoms with Crippen LogP contribution in [0.2, 0.25) is 0 Å². The van der Waals surface area contributed by atoms with Crippen molar-refractivity contribution in [3.63, 3.8) is 0 Å². The molecule has 0 aliphatic carbocycles. The van der Waals surface area contributed by atoms with Gasteiger partial charge in [0, 0.05) is 6.42 Å². The number of allylic oxidation sites excluding steroid dienone is 10. The molecule has 0 radical (unpaired) electrons. The van der Waals surface area contributed by atoms with E-state index in [-0.39, 0.29) is 24.9 Å². The number of amides is 1. The van der Waals surface area contributed by atoms with Gasteiger partial charge in [-0.1, -0.05) is 229 Å². The molecule has 0 fully saturated rings. The number of nitrogens with one attached hydrogen (secondary N) is 1. The summed E-state index contributed by atoms with van der Waals surface area (Å²) in [7, 11) is 0. The van der Waals surface area contributed by atoms with Crippen molar-refractivity contribution >= 4 is 11.9 Å². The zero-order valence-electron chi connectivity index (χ0n) is 41.7. The summed E-state index contributed by atoms with van der Waals surface area (Å²) in [6, 6.07) is -0.721. The molecule has 3 N–H and O–H groups in total. The highest BCUT2D eigenvalue weighted by molar-refractivity contribution is 5.77. The number of unbranched alkanes of at least 4 members (excludes halogenated alkanes) is 27. The quantitative estimate of drug-likeness (QED) is 0.0245.